The van der Waals surface area contributed by atoms with Gasteiger partial charge in [0.05, 0.1) is 12.2 Å². The van der Waals surface area contributed by atoms with Crippen LogP contribution in [0.25, 0.3) is 0 Å². The van der Waals surface area contributed by atoms with E-state index in [2.05, 4.69) is 0 Å². The molecule has 0 fully saturated rings. The molecular weight excluding hydrogens is 227 g/mol. The summed E-state index contributed by atoms with van der Waals surface area (Å²) >= 11 is 0. The van der Waals surface area contributed by atoms with Crippen molar-refractivity contribution in [3.05, 3.63) is 29.8 Å². The van der Waals surface area contributed by atoms with Crippen LogP contribution >= 0.6 is 0 Å². The van der Waals surface area contributed by atoms with Gasteiger partial charge in [-0.1, -0.05) is 6.92 Å². The standard InChI is InChI=1S/C10H12O3.ClH.Na/c1-2-7-13-10(12)8-3-5-9(11)6-4-8;;/h3-6,11H,2,7H2,1H3;1H;/q;;+1/p-1. The zero-order chi connectivity index (χ0) is 9.68. The van der Waals surface area contributed by atoms with Gasteiger partial charge in [-0.25, -0.2) is 4.79 Å². The first-order valence-corrected chi connectivity index (χ1v) is 4.20. The first-order chi connectivity index (χ1) is 6.24. The fraction of sp³-hybridized carbons (Fsp3) is 0.300. The Morgan fingerprint density at radius 3 is 2.33 bits per heavy atom. The molecule has 0 unspecified atom stereocenters. The molecular formula is C10H12ClNaO3. The van der Waals surface area contributed by atoms with Crippen LogP contribution in [-0.4, -0.2) is 17.7 Å². The zero-order valence-corrected chi connectivity index (χ0v) is 11.6. The van der Waals surface area contributed by atoms with Crippen molar-refractivity contribution in [3.63, 3.8) is 0 Å². The summed E-state index contributed by atoms with van der Waals surface area (Å²) in [5, 5.41) is 8.96. The van der Waals surface area contributed by atoms with Crippen LogP contribution in [0.4, 0.5) is 0 Å². The maximum atomic E-state index is 11.2. The molecule has 3 nitrogen and oxygen atoms in total. The van der Waals surface area contributed by atoms with Gasteiger partial charge in [0.15, 0.2) is 0 Å². The number of rotatable bonds is 3. The third-order valence-electron chi connectivity index (χ3n) is 1.54. The van der Waals surface area contributed by atoms with Gasteiger partial charge < -0.3 is 22.3 Å². The number of aromatic hydroxyl groups is 1. The molecule has 78 valence electrons. The Morgan fingerprint density at radius 2 is 1.87 bits per heavy atom. The number of benzene rings is 1. The number of carbonyl (C=O) groups excluding carboxylic acids is 1. The SMILES string of the molecule is CCCOC(=O)c1ccc(O)cc1.[Cl-].[Na+]. The minimum absolute atomic E-state index is 0. The van der Waals surface area contributed by atoms with Gasteiger partial charge in [-0.15, -0.1) is 0 Å². The minimum atomic E-state index is -0.346. The fourth-order valence-electron chi connectivity index (χ4n) is 0.876. The summed E-state index contributed by atoms with van der Waals surface area (Å²) in [5.74, 6) is -0.200. The molecule has 0 atom stereocenters. The number of phenolic OH excluding ortho intramolecular Hbond substituents is 1. The topological polar surface area (TPSA) is 46.5 Å². The van der Waals surface area contributed by atoms with Crippen molar-refractivity contribution in [3.8, 4) is 5.75 Å². The third-order valence-corrected chi connectivity index (χ3v) is 1.54. The van der Waals surface area contributed by atoms with Crippen LogP contribution in [0.1, 0.15) is 23.7 Å². The summed E-state index contributed by atoms with van der Waals surface area (Å²) in [6.07, 6.45) is 0.809. The molecule has 0 aliphatic rings. The molecule has 1 rings (SSSR count). The number of esters is 1. The van der Waals surface area contributed by atoms with Crippen LogP contribution in [-0.2, 0) is 4.74 Å². The van der Waals surface area contributed by atoms with Crippen LogP contribution in [0, 0.1) is 0 Å². The number of ether oxygens (including phenoxy) is 1. The summed E-state index contributed by atoms with van der Waals surface area (Å²) in [7, 11) is 0. The Labute approximate surface area is 118 Å². The maximum absolute atomic E-state index is 11.2. The Hall–Kier alpha value is -0.220. The summed E-state index contributed by atoms with van der Waals surface area (Å²) in [4.78, 5) is 11.2. The molecule has 0 heterocycles. The number of hydrogen-bond acceptors (Lipinski definition) is 3. The molecule has 0 bridgehead atoms. The molecule has 1 aromatic carbocycles. The molecule has 0 spiro atoms. The molecule has 0 aliphatic heterocycles. The van der Waals surface area contributed by atoms with Crippen molar-refractivity contribution < 1.29 is 56.6 Å². The van der Waals surface area contributed by atoms with Gasteiger partial charge in [-0.3, -0.25) is 0 Å². The Balaban J connectivity index is 0. The Morgan fingerprint density at radius 1 is 1.33 bits per heavy atom. The summed E-state index contributed by atoms with van der Waals surface area (Å²) < 4.78 is 4.90. The second-order valence-electron chi connectivity index (χ2n) is 2.68. The molecule has 0 aromatic heterocycles. The first-order valence-electron chi connectivity index (χ1n) is 4.20. The molecule has 1 N–H and O–H groups in total. The van der Waals surface area contributed by atoms with Gasteiger partial charge in [0.2, 0.25) is 0 Å². The second kappa shape index (κ2) is 9.04. The van der Waals surface area contributed by atoms with Gasteiger partial charge in [0.25, 0.3) is 0 Å². The smallest absolute Gasteiger partial charge is 1.00 e. The quantitative estimate of drug-likeness (QED) is 0.431. The van der Waals surface area contributed by atoms with Crippen molar-refractivity contribution in [2.45, 2.75) is 13.3 Å². The van der Waals surface area contributed by atoms with Gasteiger partial charge in [0, 0.05) is 0 Å². The molecule has 15 heavy (non-hydrogen) atoms. The van der Waals surface area contributed by atoms with Crippen molar-refractivity contribution >= 4 is 5.97 Å². The van der Waals surface area contributed by atoms with E-state index in [0.717, 1.165) is 6.42 Å². The Kier molecular flexibility index (Phi) is 10.4. The van der Waals surface area contributed by atoms with Crippen LogP contribution < -0.4 is 42.0 Å². The van der Waals surface area contributed by atoms with E-state index in [0.29, 0.717) is 12.2 Å². The van der Waals surface area contributed by atoms with Gasteiger partial charge in [0.1, 0.15) is 5.75 Å². The maximum Gasteiger partial charge on any atom is 1.00 e. The van der Waals surface area contributed by atoms with Crippen molar-refractivity contribution in [2.75, 3.05) is 6.61 Å². The minimum Gasteiger partial charge on any atom is -1.00 e. The van der Waals surface area contributed by atoms with Crippen molar-refractivity contribution in [1.82, 2.24) is 0 Å². The first kappa shape index (κ1) is 17.2. The Bertz CT molecular complexity index is 287. The van der Waals surface area contributed by atoms with Gasteiger partial charge >= 0.3 is 35.5 Å². The third kappa shape index (κ3) is 6.05. The van der Waals surface area contributed by atoms with E-state index in [4.69, 9.17) is 9.84 Å². The van der Waals surface area contributed by atoms with Crippen LogP contribution in [0.3, 0.4) is 0 Å². The molecule has 1 aromatic rings. The van der Waals surface area contributed by atoms with E-state index in [1.54, 1.807) is 0 Å². The van der Waals surface area contributed by atoms with Gasteiger partial charge in [-0.05, 0) is 30.7 Å². The van der Waals surface area contributed by atoms with E-state index >= 15 is 0 Å². The number of carbonyl (C=O) groups is 1. The van der Waals surface area contributed by atoms with Crippen LogP contribution in [0.2, 0.25) is 0 Å². The normalized spacial score (nSPS) is 8.33. The summed E-state index contributed by atoms with van der Waals surface area (Å²) in [6, 6.07) is 5.99. The molecule has 0 amide bonds. The predicted molar refractivity (Wildman–Crippen MR) is 48.7 cm³/mol. The molecule has 0 radical (unpaired) electrons. The van der Waals surface area contributed by atoms with Gasteiger partial charge in [-0.2, -0.15) is 0 Å². The monoisotopic (exact) mass is 238 g/mol. The van der Waals surface area contributed by atoms with E-state index in [1.165, 1.54) is 24.3 Å². The van der Waals surface area contributed by atoms with Crippen molar-refractivity contribution in [1.29, 1.82) is 0 Å². The molecule has 0 saturated heterocycles. The average Bonchev–Trinajstić information content (AvgIpc) is 2.15. The van der Waals surface area contributed by atoms with Crippen LogP contribution in [0.15, 0.2) is 24.3 Å². The zero-order valence-electron chi connectivity index (χ0n) is 8.87. The summed E-state index contributed by atoms with van der Waals surface area (Å²) in [6.45, 7) is 2.36. The fourth-order valence-corrected chi connectivity index (χ4v) is 0.876. The summed E-state index contributed by atoms with van der Waals surface area (Å²) in [5.41, 5.74) is 0.464. The molecule has 0 saturated carbocycles. The van der Waals surface area contributed by atoms with Crippen LogP contribution in [0.5, 0.6) is 5.75 Å². The van der Waals surface area contributed by atoms with E-state index in [1.807, 2.05) is 6.92 Å². The largest absolute Gasteiger partial charge is 1.00 e. The average molecular weight is 239 g/mol. The van der Waals surface area contributed by atoms with E-state index in [-0.39, 0.29) is 53.7 Å². The van der Waals surface area contributed by atoms with Crippen molar-refractivity contribution in [2.24, 2.45) is 0 Å². The van der Waals surface area contributed by atoms with E-state index in [9.17, 15) is 4.79 Å². The molecule has 5 heteroatoms. The van der Waals surface area contributed by atoms with E-state index < -0.39 is 0 Å². The number of halogens is 1. The molecule has 0 aliphatic carbocycles. The number of phenols is 1. The number of hydrogen-bond donors (Lipinski definition) is 1. The predicted octanol–water partition coefficient (Wildman–Crippen LogP) is -4.03. The second-order valence-corrected chi connectivity index (χ2v) is 2.68.